The van der Waals surface area contributed by atoms with Crippen LogP contribution in [-0.4, -0.2) is 43.1 Å². The van der Waals surface area contributed by atoms with Crippen molar-refractivity contribution < 1.29 is 4.74 Å². The molecule has 1 aliphatic rings. The van der Waals surface area contributed by atoms with Crippen molar-refractivity contribution >= 4 is 11.9 Å². The molecule has 1 saturated heterocycles. The van der Waals surface area contributed by atoms with Crippen molar-refractivity contribution in [3.05, 3.63) is 0 Å². The second kappa shape index (κ2) is 4.80. The van der Waals surface area contributed by atoms with Gasteiger partial charge in [-0.1, -0.05) is 0 Å². The number of hydrogen-bond donors (Lipinski definition) is 3. The molecule has 0 aromatic rings. The van der Waals surface area contributed by atoms with E-state index in [2.05, 4.69) is 4.99 Å². The van der Waals surface area contributed by atoms with Crippen LogP contribution in [-0.2, 0) is 4.74 Å². The largest absolute Gasteiger partial charge is 0.380 e. The van der Waals surface area contributed by atoms with Crippen LogP contribution in [0.4, 0.5) is 0 Å². The van der Waals surface area contributed by atoms with E-state index in [1.807, 2.05) is 4.90 Å². The summed E-state index contributed by atoms with van der Waals surface area (Å²) < 4.78 is 5.23. The fraction of sp³-hybridized carbons (Fsp3) is 0.750. The van der Waals surface area contributed by atoms with Crippen molar-refractivity contribution in [3.63, 3.8) is 0 Å². The Morgan fingerprint density at radius 3 is 2.86 bits per heavy atom. The number of ether oxygens (including phenoxy) is 1. The minimum atomic E-state index is -0.0745. The number of rotatable bonds is 1. The summed E-state index contributed by atoms with van der Waals surface area (Å²) in [6.07, 6.45) is 2.21. The number of methoxy groups -OCH3 is 1. The molecule has 0 saturated carbocycles. The van der Waals surface area contributed by atoms with Crippen LogP contribution < -0.4 is 11.5 Å². The number of aliphatic imine (C=N–C) groups is 1. The van der Waals surface area contributed by atoms with Gasteiger partial charge in [-0.25, -0.2) is 0 Å². The third kappa shape index (κ3) is 2.88. The van der Waals surface area contributed by atoms with Crippen LogP contribution in [0.2, 0.25) is 0 Å². The maximum atomic E-state index is 7.60. The Labute approximate surface area is 83.4 Å². The van der Waals surface area contributed by atoms with Gasteiger partial charge in [0.05, 0.1) is 6.10 Å². The third-order valence-electron chi connectivity index (χ3n) is 2.25. The molecule has 80 valence electrons. The Hall–Kier alpha value is -1.30. The maximum Gasteiger partial charge on any atom is 0.221 e. The highest BCUT2D eigenvalue weighted by molar-refractivity contribution is 5.91. The normalized spacial score (nSPS) is 21.8. The molecule has 6 nitrogen and oxygen atoms in total. The van der Waals surface area contributed by atoms with Crippen molar-refractivity contribution in [2.75, 3.05) is 20.2 Å². The second-order valence-corrected chi connectivity index (χ2v) is 3.31. The van der Waals surface area contributed by atoms with Gasteiger partial charge in [0.15, 0.2) is 5.96 Å². The number of piperidine rings is 1. The van der Waals surface area contributed by atoms with E-state index in [4.69, 9.17) is 21.6 Å². The van der Waals surface area contributed by atoms with E-state index in [0.717, 1.165) is 19.4 Å². The van der Waals surface area contributed by atoms with E-state index in [1.165, 1.54) is 0 Å². The topological polar surface area (TPSA) is 101 Å². The first-order valence-electron chi connectivity index (χ1n) is 4.59. The Morgan fingerprint density at radius 1 is 1.57 bits per heavy atom. The van der Waals surface area contributed by atoms with E-state index in [-0.39, 0.29) is 18.0 Å². The van der Waals surface area contributed by atoms with Crippen LogP contribution in [0.1, 0.15) is 12.8 Å². The molecule has 0 bridgehead atoms. The van der Waals surface area contributed by atoms with Crippen LogP contribution in [0.5, 0.6) is 0 Å². The van der Waals surface area contributed by atoms with E-state index < -0.39 is 0 Å². The third-order valence-corrected chi connectivity index (χ3v) is 2.25. The molecule has 0 aliphatic carbocycles. The smallest absolute Gasteiger partial charge is 0.221 e. The zero-order valence-electron chi connectivity index (χ0n) is 8.36. The fourth-order valence-electron chi connectivity index (χ4n) is 1.52. The Morgan fingerprint density at radius 2 is 2.29 bits per heavy atom. The standard InChI is InChI=1S/C8H17N5O/c1-14-6-3-2-4-13(5-6)8(11)12-7(9)10/h6H,2-5H2,1H3,(H5,9,10,11,12). The molecule has 5 N–H and O–H groups in total. The molecule has 1 rings (SSSR count). The van der Waals surface area contributed by atoms with Gasteiger partial charge in [0.2, 0.25) is 5.96 Å². The SMILES string of the molecule is COC1CCCN(C(=N)N=C(N)N)C1. The van der Waals surface area contributed by atoms with Gasteiger partial charge < -0.3 is 21.1 Å². The van der Waals surface area contributed by atoms with E-state index in [0.29, 0.717) is 6.54 Å². The summed E-state index contributed by atoms with van der Waals surface area (Å²) in [6.45, 7) is 1.50. The fourth-order valence-corrected chi connectivity index (χ4v) is 1.52. The molecule has 14 heavy (non-hydrogen) atoms. The molecule has 1 atom stereocenters. The lowest BCUT2D eigenvalue weighted by Gasteiger charge is -2.31. The first-order chi connectivity index (χ1) is 6.63. The van der Waals surface area contributed by atoms with Crippen molar-refractivity contribution in [2.45, 2.75) is 18.9 Å². The summed E-state index contributed by atoms with van der Waals surface area (Å²) in [4.78, 5) is 5.51. The minimum absolute atomic E-state index is 0.0745. The van der Waals surface area contributed by atoms with Gasteiger partial charge in [0.25, 0.3) is 0 Å². The predicted molar refractivity (Wildman–Crippen MR) is 55.1 cm³/mol. The highest BCUT2D eigenvalue weighted by Crippen LogP contribution is 2.12. The lowest BCUT2D eigenvalue weighted by molar-refractivity contribution is 0.0531. The first kappa shape index (κ1) is 10.8. The highest BCUT2D eigenvalue weighted by Gasteiger charge is 2.21. The molecule has 1 aliphatic heterocycles. The van der Waals surface area contributed by atoms with Gasteiger partial charge in [-0.3, -0.25) is 5.41 Å². The molecule has 0 radical (unpaired) electrons. The summed E-state index contributed by atoms with van der Waals surface area (Å²) in [6, 6.07) is 0. The predicted octanol–water partition coefficient (Wildman–Crippen LogP) is -0.695. The lowest BCUT2D eigenvalue weighted by Crippen LogP contribution is -2.43. The number of nitrogens with one attached hydrogen (secondary N) is 1. The number of guanidine groups is 2. The molecule has 6 heteroatoms. The van der Waals surface area contributed by atoms with Gasteiger partial charge >= 0.3 is 0 Å². The van der Waals surface area contributed by atoms with Crippen LogP contribution >= 0.6 is 0 Å². The molecule has 1 fully saturated rings. The molecular formula is C8H17N5O. The van der Waals surface area contributed by atoms with Crippen LogP contribution in [0.3, 0.4) is 0 Å². The Kier molecular flexibility index (Phi) is 3.70. The molecule has 0 spiro atoms. The van der Waals surface area contributed by atoms with Crippen LogP contribution in [0.25, 0.3) is 0 Å². The molecule has 0 amide bonds. The summed E-state index contributed by atoms with van der Waals surface area (Å²) in [5.41, 5.74) is 10.4. The van der Waals surface area contributed by atoms with Gasteiger partial charge in [-0.15, -0.1) is 0 Å². The van der Waals surface area contributed by atoms with Crippen LogP contribution in [0, 0.1) is 5.41 Å². The van der Waals surface area contributed by atoms with Gasteiger partial charge in [0, 0.05) is 20.2 Å². The second-order valence-electron chi connectivity index (χ2n) is 3.31. The summed E-state index contributed by atoms with van der Waals surface area (Å²) in [7, 11) is 1.68. The summed E-state index contributed by atoms with van der Waals surface area (Å²) in [5, 5.41) is 7.60. The molecule has 1 heterocycles. The molecule has 1 unspecified atom stereocenters. The number of likely N-dealkylation sites (tertiary alicyclic amines) is 1. The maximum absolute atomic E-state index is 7.60. The average Bonchev–Trinajstić information content (AvgIpc) is 2.17. The number of nitrogens with two attached hydrogens (primary N) is 2. The van der Waals surface area contributed by atoms with Crippen LogP contribution in [0.15, 0.2) is 4.99 Å². The van der Waals surface area contributed by atoms with E-state index in [9.17, 15) is 0 Å². The first-order valence-corrected chi connectivity index (χ1v) is 4.59. The zero-order chi connectivity index (χ0) is 10.6. The Balaban J connectivity index is 2.51. The molecule has 0 aromatic heterocycles. The minimum Gasteiger partial charge on any atom is -0.380 e. The van der Waals surface area contributed by atoms with Crippen molar-refractivity contribution in [3.8, 4) is 0 Å². The molecule has 0 aromatic carbocycles. The van der Waals surface area contributed by atoms with E-state index >= 15 is 0 Å². The summed E-state index contributed by atoms with van der Waals surface area (Å²) in [5.74, 6) is 0.0429. The highest BCUT2D eigenvalue weighted by atomic mass is 16.5. The van der Waals surface area contributed by atoms with E-state index in [1.54, 1.807) is 7.11 Å². The van der Waals surface area contributed by atoms with Crippen molar-refractivity contribution in [1.29, 1.82) is 5.41 Å². The quantitative estimate of drug-likeness (QED) is 0.384. The Bertz CT molecular complexity index is 236. The molecular weight excluding hydrogens is 182 g/mol. The average molecular weight is 199 g/mol. The number of nitrogens with zero attached hydrogens (tertiary/aromatic N) is 2. The van der Waals surface area contributed by atoms with Gasteiger partial charge in [-0.05, 0) is 12.8 Å². The van der Waals surface area contributed by atoms with Crippen molar-refractivity contribution in [1.82, 2.24) is 4.90 Å². The monoisotopic (exact) mass is 199 g/mol. The van der Waals surface area contributed by atoms with Gasteiger partial charge in [-0.2, -0.15) is 4.99 Å². The zero-order valence-corrected chi connectivity index (χ0v) is 8.36. The lowest BCUT2D eigenvalue weighted by atomic mass is 10.1. The van der Waals surface area contributed by atoms with Crippen molar-refractivity contribution in [2.24, 2.45) is 16.5 Å². The number of hydrogen-bond acceptors (Lipinski definition) is 2. The summed E-state index contributed by atoms with van der Waals surface area (Å²) >= 11 is 0. The van der Waals surface area contributed by atoms with Gasteiger partial charge in [0.1, 0.15) is 0 Å².